The molecule has 1 unspecified atom stereocenters. The standard InChI is InChI=1S/C28H37N3O5/c1-16(32)29-24(15-18-5-7-23(8-6-18)36-17(2)33)28(35)31-9-3-4-25(31)27(34)30-26-21-11-19-10-20(13-21)14-22(26)12-19/h5-8,19-22,24-26H,3-4,9-15H2,1-2H3,(H,29,32)(H,30,34)/t19?,20?,21?,22?,24?,25-,26?/m1/s1. The third-order valence-electron chi connectivity index (χ3n) is 8.67. The lowest BCUT2D eigenvalue weighted by Crippen LogP contribution is -2.59. The van der Waals surface area contributed by atoms with Crippen LogP contribution in [-0.4, -0.2) is 53.3 Å². The minimum absolute atomic E-state index is 0.0365. The Labute approximate surface area is 212 Å². The zero-order valence-corrected chi connectivity index (χ0v) is 21.2. The first-order valence-electron chi connectivity index (χ1n) is 13.4. The molecule has 1 aromatic rings. The molecular weight excluding hydrogens is 458 g/mol. The first-order valence-corrected chi connectivity index (χ1v) is 13.4. The Morgan fingerprint density at radius 3 is 2.19 bits per heavy atom. The van der Waals surface area contributed by atoms with Crippen molar-refractivity contribution < 1.29 is 23.9 Å². The highest BCUT2D eigenvalue weighted by atomic mass is 16.5. The van der Waals surface area contributed by atoms with Gasteiger partial charge in [-0.3, -0.25) is 19.2 Å². The number of carbonyl (C=O) groups is 4. The van der Waals surface area contributed by atoms with Gasteiger partial charge in [-0.05, 0) is 86.3 Å². The molecule has 3 amide bonds. The topological polar surface area (TPSA) is 105 Å². The van der Waals surface area contributed by atoms with Crippen molar-refractivity contribution in [2.75, 3.05) is 6.54 Å². The van der Waals surface area contributed by atoms with Crippen molar-refractivity contribution in [3.05, 3.63) is 29.8 Å². The average Bonchev–Trinajstić information content (AvgIpc) is 3.31. The number of amides is 3. The summed E-state index contributed by atoms with van der Waals surface area (Å²) in [4.78, 5) is 51.8. The van der Waals surface area contributed by atoms with Crippen LogP contribution >= 0.6 is 0 Å². The summed E-state index contributed by atoms with van der Waals surface area (Å²) >= 11 is 0. The van der Waals surface area contributed by atoms with Gasteiger partial charge in [0.05, 0.1) is 0 Å². The van der Waals surface area contributed by atoms with Crippen LogP contribution in [0.3, 0.4) is 0 Å². The number of likely N-dealkylation sites (tertiary alicyclic amines) is 1. The van der Waals surface area contributed by atoms with Gasteiger partial charge >= 0.3 is 5.97 Å². The summed E-state index contributed by atoms with van der Waals surface area (Å²) in [6, 6.07) is 5.88. The molecule has 8 nitrogen and oxygen atoms in total. The van der Waals surface area contributed by atoms with Crippen molar-refractivity contribution >= 4 is 23.7 Å². The molecule has 1 aromatic carbocycles. The van der Waals surface area contributed by atoms with Gasteiger partial charge in [-0.15, -0.1) is 0 Å². The molecule has 5 fully saturated rings. The number of carbonyl (C=O) groups excluding carboxylic acids is 4. The van der Waals surface area contributed by atoms with Crippen LogP contribution in [0.2, 0.25) is 0 Å². The molecule has 4 bridgehead atoms. The molecule has 2 N–H and O–H groups in total. The van der Waals surface area contributed by atoms with Gasteiger partial charge in [-0.1, -0.05) is 12.1 Å². The van der Waals surface area contributed by atoms with Crippen molar-refractivity contribution in [1.82, 2.24) is 15.5 Å². The van der Waals surface area contributed by atoms with Crippen molar-refractivity contribution in [2.45, 2.75) is 83.3 Å². The fourth-order valence-corrected chi connectivity index (χ4v) is 7.47. The predicted octanol–water partition coefficient (Wildman–Crippen LogP) is 2.59. The monoisotopic (exact) mass is 495 g/mol. The lowest BCUT2D eigenvalue weighted by atomic mass is 9.54. The summed E-state index contributed by atoms with van der Waals surface area (Å²) in [5.41, 5.74) is 0.826. The highest BCUT2D eigenvalue weighted by Crippen LogP contribution is 2.53. The lowest BCUT2D eigenvalue weighted by Gasteiger charge is -2.54. The molecule has 1 heterocycles. The molecule has 0 aromatic heterocycles. The first-order chi connectivity index (χ1) is 17.3. The highest BCUT2D eigenvalue weighted by molar-refractivity contribution is 5.92. The molecule has 1 aliphatic heterocycles. The Morgan fingerprint density at radius 1 is 0.972 bits per heavy atom. The van der Waals surface area contributed by atoms with Crippen LogP contribution in [0, 0.1) is 23.7 Å². The van der Waals surface area contributed by atoms with Crippen LogP contribution in [0.15, 0.2) is 24.3 Å². The van der Waals surface area contributed by atoms with Crippen LogP contribution in [0.25, 0.3) is 0 Å². The predicted molar refractivity (Wildman–Crippen MR) is 133 cm³/mol. The number of ether oxygens (including phenoxy) is 1. The summed E-state index contributed by atoms with van der Waals surface area (Å²) in [6.45, 7) is 3.25. The number of esters is 1. The summed E-state index contributed by atoms with van der Waals surface area (Å²) in [6.07, 6.45) is 8.00. The summed E-state index contributed by atoms with van der Waals surface area (Å²) in [5, 5.41) is 6.17. The minimum Gasteiger partial charge on any atom is -0.427 e. The van der Waals surface area contributed by atoms with Gasteiger partial charge < -0.3 is 20.3 Å². The van der Waals surface area contributed by atoms with Crippen LogP contribution in [0.1, 0.15) is 64.4 Å². The molecule has 4 saturated carbocycles. The van der Waals surface area contributed by atoms with E-state index in [9.17, 15) is 19.2 Å². The van der Waals surface area contributed by atoms with E-state index in [2.05, 4.69) is 10.6 Å². The van der Waals surface area contributed by atoms with E-state index < -0.39 is 18.1 Å². The Balaban J connectivity index is 1.25. The van der Waals surface area contributed by atoms with Gasteiger partial charge in [0.1, 0.15) is 17.8 Å². The summed E-state index contributed by atoms with van der Waals surface area (Å²) in [5.74, 6) is 2.31. The number of hydrogen-bond donors (Lipinski definition) is 2. The fourth-order valence-electron chi connectivity index (χ4n) is 7.47. The van der Waals surface area contributed by atoms with Crippen molar-refractivity contribution in [2.24, 2.45) is 23.7 Å². The third-order valence-corrected chi connectivity index (χ3v) is 8.67. The zero-order chi connectivity index (χ0) is 25.4. The number of hydrogen-bond acceptors (Lipinski definition) is 5. The molecule has 8 heteroatoms. The Hall–Kier alpha value is -2.90. The second-order valence-corrected chi connectivity index (χ2v) is 11.3. The number of nitrogens with zero attached hydrogens (tertiary/aromatic N) is 1. The van der Waals surface area contributed by atoms with E-state index in [4.69, 9.17) is 4.74 Å². The van der Waals surface area contributed by atoms with Gasteiger partial charge in [0.2, 0.25) is 17.7 Å². The van der Waals surface area contributed by atoms with E-state index in [1.165, 1.54) is 46.0 Å². The maximum Gasteiger partial charge on any atom is 0.308 e. The molecular formula is C28H37N3O5. The second kappa shape index (κ2) is 10.2. The lowest BCUT2D eigenvalue weighted by molar-refractivity contribution is -0.142. The Morgan fingerprint density at radius 2 is 1.61 bits per heavy atom. The maximum atomic E-state index is 13.6. The minimum atomic E-state index is -0.767. The van der Waals surface area contributed by atoms with Crippen molar-refractivity contribution in [1.29, 1.82) is 0 Å². The zero-order valence-electron chi connectivity index (χ0n) is 21.2. The summed E-state index contributed by atoms with van der Waals surface area (Å²) < 4.78 is 5.08. The van der Waals surface area contributed by atoms with E-state index in [1.807, 2.05) is 0 Å². The molecule has 36 heavy (non-hydrogen) atoms. The van der Waals surface area contributed by atoms with E-state index in [1.54, 1.807) is 29.2 Å². The molecule has 2 atom stereocenters. The van der Waals surface area contributed by atoms with Gasteiger partial charge in [0.15, 0.2) is 0 Å². The third kappa shape index (κ3) is 5.27. The molecule has 5 aliphatic rings. The van der Waals surface area contributed by atoms with E-state index in [-0.39, 0.29) is 23.8 Å². The van der Waals surface area contributed by atoms with Gasteiger partial charge in [0, 0.05) is 32.9 Å². The average molecular weight is 496 g/mol. The van der Waals surface area contributed by atoms with Crippen molar-refractivity contribution in [3.8, 4) is 5.75 Å². The van der Waals surface area contributed by atoms with Gasteiger partial charge in [-0.25, -0.2) is 0 Å². The highest BCUT2D eigenvalue weighted by Gasteiger charge is 2.49. The van der Waals surface area contributed by atoms with Crippen LogP contribution in [-0.2, 0) is 25.6 Å². The Bertz CT molecular complexity index is 995. The summed E-state index contributed by atoms with van der Waals surface area (Å²) in [7, 11) is 0. The van der Waals surface area contributed by atoms with E-state index in [0.717, 1.165) is 23.8 Å². The Kier molecular flexibility index (Phi) is 7.04. The molecule has 1 saturated heterocycles. The maximum absolute atomic E-state index is 13.6. The molecule has 0 spiro atoms. The number of benzene rings is 1. The normalized spacial score (nSPS) is 31.1. The van der Waals surface area contributed by atoms with E-state index >= 15 is 0 Å². The smallest absolute Gasteiger partial charge is 0.308 e. The fraction of sp³-hybridized carbons (Fsp3) is 0.643. The van der Waals surface area contributed by atoms with Crippen molar-refractivity contribution in [3.63, 3.8) is 0 Å². The van der Waals surface area contributed by atoms with Gasteiger partial charge in [-0.2, -0.15) is 0 Å². The largest absolute Gasteiger partial charge is 0.427 e. The SMILES string of the molecule is CC(=O)NC(Cc1ccc(OC(C)=O)cc1)C(=O)N1CCC[C@@H]1C(=O)NC1C2CC3CC(C2)CC1C3. The number of nitrogens with one attached hydrogen (secondary N) is 2. The molecule has 4 aliphatic carbocycles. The molecule has 194 valence electrons. The molecule has 0 radical (unpaired) electrons. The van der Waals surface area contributed by atoms with Gasteiger partial charge in [0.25, 0.3) is 0 Å². The van der Waals surface area contributed by atoms with Crippen LogP contribution in [0.4, 0.5) is 0 Å². The number of rotatable bonds is 7. The van der Waals surface area contributed by atoms with Crippen LogP contribution in [0.5, 0.6) is 5.75 Å². The quantitative estimate of drug-likeness (QED) is 0.447. The molecule has 6 rings (SSSR count). The second-order valence-electron chi connectivity index (χ2n) is 11.3. The first kappa shape index (κ1) is 24.8. The van der Waals surface area contributed by atoms with E-state index in [0.29, 0.717) is 37.0 Å². The van der Waals surface area contributed by atoms with Crippen LogP contribution < -0.4 is 15.4 Å².